The van der Waals surface area contributed by atoms with Gasteiger partial charge in [0, 0.05) is 22.3 Å². The number of carbonyl (C=O) groups excluding carboxylic acids is 2. The molecule has 10 nitrogen and oxygen atoms in total. The Balaban J connectivity index is 2.04. The van der Waals surface area contributed by atoms with Gasteiger partial charge >= 0.3 is 12.2 Å². The van der Waals surface area contributed by atoms with Crippen molar-refractivity contribution in [2.75, 3.05) is 0 Å². The molecule has 0 heterocycles. The standard InChI is InChI=1S/C38H56Cl2N2O8/c1-4-5-13-24-14-8-6-11-22(2)36(50-38(42)48)27-20-30(45)34(31(46)21-27)25(16-10-17-32(39)40)15-9-7-12-23(3)35(49-37(41)47)26-18-28(43)33(24)29(44)19-26/h18-25,32,35-36,43-46H,4-17H2,1-3H3,(H2,41,47)(H2,42,48)/t22-,23-,24-,25+,35+,36+/m0/s1. The first kappa shape index (κ1) is 41.2. The minimum atomic E-state index is -0.951. The molecule has 4 aliphatic carbocycles. The van der Waals surface area contributed by atoms with E-state index in [2.05, 4.69) is 6.92 Å². The van der Waals surface area contributed by atoms with Crippen LogP contribution >= 0.6 is 23.2 Å². The topological polar surface area (TPSA) is 186 Å². The number of amides is 2. The molecule has 4 bridgehead atoms. The summed E-state index contributed by atoms with van der Waals surface area (Å²) in [6, 6.07) is 6.24. The second kappa shape index (κ2) is 20.0. The van der Waals surface area contributed by atoms with E-state index in [1.807, 2.05) is 13.8 Å². The van der Waals surface area contributed by atoms with Crippen LogP contribution in [0.4, 0.5) is 9.59 Å². The third-order valence-corrected chi connectivity index (χ3v) is 10.6. The molecule has 0 spiro atoms. The molecular formula is C38H56Cl2N2O8. The summed E-state index contributed by atoms with van der Waals surface area (Å²) < 4.78 is 11.1. The van der Waals surface area contributed by atoms with Crippen molar-refractivity contribution < 1.29 is 39.5 Å². The normalized spacial score (nSPS) is 24.0. The molecule has 0 radical (unpaired) electrons. The third-order valence-electron chi connectivity index (χ3n) is 10.1. The number of hydrogen-bond acceptors (Lipinski definition) is 8. The van der Waals surface area contributed by atoms with E-state index in [1.54, 1.807) is 24.3 Å². The van der Waals surface area contributed by atoms with Crippen molar-refractivity contribution in [3.63, 3.8) is 0 Å². The summed E-state index contributed by atoms with van der Waals surface area (Å²) in [6.45, 7) is 5.95. The molecule has 2 aromatic rings. The number of rotatable bonds is 9. The van der Waals surface area contributed by atoms with Crippen molar-refractivity contribution in [1.82, 2.24) is 0 Å². The Labute approximate surface area is 306 Å². The van der Waals surface area contributed by atoms with Crippen molar-refractivity contribution in [1.29, 1.82) is 0 Å². The first-order valence-electron chi connectivity index (χ1n) is 18.0. The van der Waals surface area contributed by atoms with Gasteiger partial charge in [-0.1, -0.05) is 65.7 Å². The highest BCUT2D eigenvalue weighted by Crippen LogP contribution is 2.46. The van der Waals surface area contributed by atoms with Crippen molar-refractivity contribution in [3.8, 4) is 23.0 Å². The van der Waals surface area contributed by atoms with Crippen LogP contribution in [0.5, 0.6) is 23.0 Å². The molecule has 4 aliphatic rings. The maximum atomic E-state index is 12.0. The molecule has 2 amide bonds. The Hall–Kier alpha value is -3.24. The fourth-order valence-electron chi connectivity index (χ4n) is 7.58. The van der Waals surface area contributed by atoms with Gasteiger partial charge in [0.2, 0.25) is 0 Å². The highest BCUT2D eigenvalue weighted by Gasteiger charge is 2.30. The molecule has 280 valence electrons. The fraction of sp³-hybridized carbons (Fsp3) is 0.632. The van der Waals surface area contributed by atoms with Crippen LogP contribution in [0.3, 0.4) is 0 Å². The summed E-state index contributed by atoms with van der Waals surface area (Å²) in [6.07, 6.45) is 6.48. The number of benzene rings is 2. The predicted octanol–water partition coefficient (Wildman–Crippen LogP) is 10.2. The number of unbranched alkanes of at least 4 members (excludes halogenated alkanes) is 1. The molecule has 6 atom stereocenters. The molecule has 8 N–H and O–H groups in total. The maximum absolute atomic E-state index is 12.0. The lowest BCUT2D eigenvalue weighted by molar-refractivity contribution is 0.0683. The molecule has 0 saturated carbocycles. The first-order chi connectivity index (χ1) is 23.7. The van der Waals surface area contributed by atoms with E-state index in [9.17, 15) is 30.0 Å². The van der Waals surface area contributed by atoms with Crippen LogP contribution in [0.25, 0.3) is 0 Å². The Bertz CT molecular complexity index is 1360. The van der Waals surface area contributed by atoms with Gasteiger partial charge in [-0.25, -0.2) is 9.59 Å². The van der Waals surface area contributed by atoms with Crippen molar-refractivity contribution in [2.45, 2.75) is 140 Å². The van der Waals surface area contributed by atoms with E-state index in [0.717, 1.165) is 32.1 Å². The first-order valence-corrected chi connectivity index (χ1v) is 18.9. The number of phenolic OH excluding ortho intramolecular Hbond substituents is 4. The predicted molar refractivity (Wildman–Crippen MR) is 196 cm³/mol. The summed E-state index contributed by atoms with van der Waals surface area (Å²) in [5.41, 5.74) is 12.7. The van der Waals surface area contributed by atoms with E-state index in [1.165, 1.54) is 0 Å². The smallest absolute Gasteiger partial charge is 0.405 e. The molecule has 12 heteroatoms. The second-order valence-electron chi connectivity index (χ2n) is 14.0. The highest BCUT2D eigenvalue weighted by molar-refractivity contribution is 6.44. The summed E-state index contributed by atoms with van der Waals surface area (Å²) >= 11 is 12.0. The number of hydrogen-bond donors (Lipinski definition) is 6. The lowest BCUT2D eigenvalue weighted by Crippen LogP contribution is -2.22. The lowest BCUT2D eigenvalue weighted by Gasteiger charge is -2.28. The Morgan fingerprint density at radius 1 is 0.700 bits per heavy atom. The molecule has 0 fully saturated rings. The van der Waals surface area contributed by atoms with Crippen LogP contribution in [0, 0.1) is 11.8 Å². The largest absolute Gasteiger partial charge is 0.508 e. The number of halogens is 2. The van der Waals surface area contributed by atoms with Crippen molar-refractivity contribution in [2.24, 2.45) is 23.3 Å². The van der Waals surface area contributed by atoms with E-state index >= 15 is 0 Å². The van der Waals surface area contributed by atoms with Crippen molar-refractivity contribution >= 4 is 35.4 Å². The van der Waals surface area contributed by atoms with Crippen LogP contribution in [-0.2, 0) is 9.47 Å². The van der Waals surface area contributed by atoms with Crippen LogP contribution in [-0.4, -0.2) is 37.4 Å². The zero-order valence-electron chi connectivity index (χ0n) is 29.6. The van der Waals surface area contributed by atoms with E-state index in [4.69, 9.17) is 44.1 Å². The Morgan fingerprint density at radius 3 is 1.40 bits per heavy atom. The average Bonchev–Trinajstić information content (AvgIpc) is 3.02. The van der Waals surface area contributed by atoms with Crippen LogP contribution in [0.1, 0.15) is 157 Å². The third kappa shape index (κ3) is 11.9. The van der Waals surface area contributed by atoms with Crippen LogP contribution in [0.15, 0.2) is 24.3 Å². The van der Waals surface area contributed by atoms with E-state index in [-0.39, 0.29) is 46.7 Å². The van der Waals surface area contributed by atoms with Gasteiger partial charge in [-0.3, -0.25) is 0 Å². The molecular weight excluding hydrogens is 683 g/mol. The molecule has 0 unspecified atom stereocenters. The summed E-state index contributed by atoms with van der Waals surface area (Å²) in [5, 5.41) is 45.2. The molecule has 6 rings (SSSR count). The van der Waals surface area contributed by atoms with Crippen LogP contribution < -0.4 is 11.5 Å². The van der Waals surface area contributed by atoms with E-state index in [0.29, 0.717) is 80.0 Å². The molecule has 0 saturated heterocycles. The number of phenols is 4. The summed E-state index contributed by atoms with van der Waals surface area (Å²) in [7, 11) is 0. The highest BCUT2D eigenvalue weighted by atomic mass is 35.5. The van der Waals surface area contributed by atoms with Gasteiger partial charge in [-0.15, -0.1) is 23.2 Å². The van der Waals surface area contributed by atoms with Gasteiger partial charge in [0.25, 0.3) is 0 Å². The van der Waals surface area contributed by atoms with Gasteiger partial charge in [0.1, 0.15) is 40.0 Å². The van der Waals surface area contributed by atoms with Gasteiger partial charge in [-0.05, 0) is 92.9 Å². The van der Waals surface area contributed by atoms with Gasteiger partial charge < -0.3 is 41.4 Å². The van der Waals surface area contributed by atoms with Gasteiger partial charge in [0.05, 0.1) is 0 Å². The summed E-state index contributed by atoms with van der Waals surface area (Å²) in [5.74, 6) is -1.01. The quantitative estimate of drug-likeness (QED) is 0.137. The number of primary amides is 2. The zero-order valence-corrected chi connectivity index (χ0v) is 31.1. The Morgan fingerprint density at radius 2 is 1.06 bits per heavy atom. The van der Waals surface area contributed by atoms with Gasteiger partial charge in [0.15, 0.2) is 0 Å². The number of nitrogens with two attached hydrogens (primary N) is 2. The second-order valence-corrected chi connectivity index (χ2v) is 15.3. The average molecular weight is 740 g/mol. The molecule has 0 aromatic heterocycles. The molecule has 0 aliphatic heterocycles. The van der Waals surface area contributed by atoms with Crippen molar-refractivity contribution in [3.05, 3.63) is 46.5 Å². The fourth-order valence-corrected chi connectivity index (χ4v) is 7.89. The number of ether oxygens (including phenoxy) is 2. The van der Waals surface area contributed by atoms with Crippen LogP contribution in [0.2, 0.25) is 0 Å². The number of aromatic hydroxyl groups is 4. The summed E-state index contributed by atoms with van der Waals surface area (Å²) in [4.78, 5) is 23.4. The lowest BCUT2D eigenvalue weighted by atomic mass is 9.83. The zero-order chi connectivity index (χ0) is 37.0. The minimum Gasteiger partial charge on any atom is -0.508 e. The van der Waals surface area contributed by atoms with Gasteiger partial charge in [-0.2, -0.15) is 0 Å². The Kier molecular flexibility index (Phi) is 16.4. The minimum absolute atomic E-state index is 0.0431. The maximum Gasteiger partial charge on any atom is 0.405 e. The SMILES string of the molecule is CCCC[C@H]1CCCC[C@H](C)[C@@H](OC(N)=O)c2cc(O)c(c(O)c2)[C@@H](CCCC(Cl)Cl)CCCC[C@H](C)[C@@H](OC(N)=O)c2cc(O)c1c(O)c2. The number of alkyl halides is 2. The number of carbonyl (C=O) groups is 2. The molecule has 50 heavy (non-hydrogen) atoms. The van der Waals surface area contributed by atoms with E-state index < -0.39 is 29.2 Å². The monoisotopic (exact) mass is 738 g/mol. The molecule has 2 aromatic carbocycles.